The van der Waals surface area contributed by atoms with Crippen molar-refractivity contribution in [3.8, 4) is 22.3 Å². The van der Waals surface area contributed by atoms with E-state index in [0.717, 1.165) is 5.56 Å². The molecule has 2 N–H and O–H groups in total. The van der Waals surface area contributed by atoms with Crippen molar-refractivity contribution in [3.63, 3.8) is 0 Å². The van der Waals surface area contributed by atoms with E-state index in [2.05, 4.69) is 4.98 Å². The van der Waals surface area contributed by atoms with Gasteiger partial charge in [-0.05, 0) is 41.8 Å². The van der Waals surface area contributed by atoms with E-state index in [1.54, 1.807) is 22.9 Å². The first-order chi connectivity index (χ1) is 18.5. The van der Waals surface area contributed by atoms with Gasteiger partial charge >= 0.3 is 15.5 Å². The van der Waals surface area contributed by atoms with Gasteiger partial charge in [0.2, 0.25) is 0 Å². The van der Waals surface area contributed by atoms with Crippen LogP contribution in [0.2, 0.25) is 5.02 Å². The second-order valence-electron chi connectivity index (χ2n) is 8.88. The summed E-state index contributed by atoms with van der Waals surface area (Å²) < 4.78 is 72.6. The van der Waals surface area contributed by atoms with E-state index < -0.39 is 15.5 Å². The molecule has 1 aliphatic heterocycles. The molecule has 8 nitrogen and oxygen atoms in total. The van der Waals surface area contributed by atoms with Crippen molar-refractivity contribution in [2.75, 3.05) is 4.72 Å². The number of alkyl halides is 3. The lowest BCUT2D eigenvalue weighted by molar-refractivity contribution is -0.0429. The van der Waals surface area contributed by atoms with Gasteiger partial charge in [-0.15, -0.1) is 0 Å². The largest absolute Gasteiger partial charge is 0.516 e. The van der Waals surface area contributed by atoms with Gasteiger partial charge < -0.3 is 14.1 Å². The van der Waals surface area contributed by atoms with E-state index in [1.165, 1.54) is 30.7 Å². The van der Waals surface area contributed by atoms with Crippen LogP contribution in [-0.4, -0.2) is 33.6 Å². The molecular weight excluding hydrogens is 557 g/mol. The van der Waals surface area contributed by atoms with Crippen molar-refractivity contribution in [1.82, 2.24) is 14.5 Å². The number of nitrogens with one attached hydrogen (secondary N) is 1. The van der Waals surface area contributed by atoms with Crippen LogP contribution in [-0.2, 0) is 29.6 Å². The van der Waals surface area contributed by atoms with Crippen LogP contribution >= 0.6 is 11.6 Å². The van der Waals surface area contributed by atoms with Gasteiger partial charge in [0.25, 0.3) is 0 Å². The lowest BCUT2D eigenvalue weighted by Gasteiger charge is -2.16. The molecule has 0 amide bonds. The molecule has 2 aliphatic rings. The van der Waals surface area contributed by atoms with Crippen LogP contribution in [0.1, 0.15) is 29.6 Å². The number of anilines is 1. The number of sulfonamides is 1. The number of pyridine rings is 1. The Hall–Kier alpha value is -3.61. The van der Waals surface area contributed by atoms with Crippen LogP contribution in [0.25, 0.3) is 33.4 Å². The highest BCUT2D eigenvalue weighted by Gasteiger charge is 2.46. The zero-order valence-electron chi connectivity index (χ0n) is 20.7. The standard InChI is InChI=1S/C26H22ClF3N4O4S/c1-3-21-32-24-14(2)10-15(12-35)31-25(24)34(21)11-18-16-8-9-38-13-19(16)23(27)22(18)17-6-4-5-7-20(17)33-39(36,37)26(28,29)30/h4-10,13,33,35H,3,11-12H2,1-2H3. The first-order valence-corrected chi connectivity index (χ1v) is 13.6. The summed E-state index contributed by atoms with van der Waals surface area (Å²) in [4.78, 5) is 9.32. The monoisotopic (exact) mass is 578 g/mol. The molecule has 0 radical (unpaired) electrons. The maximum Gasteiger partial charge on any atom is 0.516 e. The maximum absolute atomic E-state index is 13.2. The van der Waals surface area contributed by atoms with Gasteiger partial charge in [-0.25, -0.2) is 9.97 Å². The fraction of sp³-hybridized carbons (Fsp3) is 0.231. The molecule has 0 bridgehead atoms. The van der Waals surface area contributed by atoms with Crippen molar-refractivity contribution in [3.05, 3.63) is 76.6 Å². The van der Waals surface area contributed by atoms with Crippen LogP contribution in [0.3, 0.4) is 0 Å². The van der Waals surface area contributed by atoms with Crippen molar-refractivity contribution >= 4 is 38.5 Å². The molecule has 5 rings (SSSR count). The molecule has 0 saturated carbocycles. The highest BCUT2D eigenvalue weighted by molar-refractivity contribution is 7.93. The van der Waals surface area contributed by atoms with Gasteiger partial charge in [0, 0.05) is 23.1 Å². The number of halogens is 4. The summed E-state index contributed by atoms with van der Waals surface area (Å²) >= 11 is 6.80. The average Bonchev–Trinajstić information content (AvgIpc) is 3.39. The molecule has 1 aliphatic carbocycles. The summed E-state index contributed by atoms with van der Waals surface area (Å²) in [6.45, 7) is 3.68. The highest BCUT2D eigenvalue weighted by Crippen LogP contribution is 2.48. The number of hydrogen-bond donors (Lipinski definition) is 2. The molecule has 0 fully saturated rings. The topological polar surface area (TPSA) is 110 Å². The Balaban J connectivity index is 1.76. The number of benzene rings is 1. The maximum atomic E-state index is 13.2. The Morgan fingerprint density at radius 3 is 2.56 bits per heavy atom. The number of hydrogen-bond acceptors (Lipinski definition) is 6. The molecule has 13 heteroatoms. The summed E-state index contributed by atoms with van der Waals surface area (Å²) in [5, 5.41) is 9.91. The first kappa shape index (κ1) is 27.0. The number of nitrogens with zero attached hydrogens (tertiary/aromatic N) is 3. The summed E-state index contributed by atoms with van der Waals surface area (Å²) in [7, 11) is -5.70. The Kier molecular flexibility index (Phi) is 6.81. The Bertz CT molecular complexity index is 1780. The number of imidazole rings is 1. The van der Waals surface area contributed by atoms with Crippen molar-refractivity contribution in [1.29, 1.82) is 0 Å². The first-order valence-electron chi connectivity index (χ1n) is 11.8. The minimum Gasteiger partial charge on any atom is -0.472 e. The zero-order chi connectivity index (χ0) is 28.1. The smallest absolute Gasteiger partial charge is 0.472 e. The molecule has 3 heterocycles. The Morgan fingerprint density at radius 2 is 1.87 bits per heavy atom. The SMILES string of the molecule is CCc1nc2c(C)cc(CO)nc2n1Cc1c2ccocc-2c(Cl)c1-c1ccccc1NS(=O)(=O)C(F)(F)F. The molecule has 0 saturated heterocycles. The lowest BCUT2D eigenvalue weighted by atomic mass is 10.0. The minimum absolute atomic E-state index is 0.157. The van der Waals surface area contributed by atoms with E-state index in [1.807, 2.05) is 18.4 Å². The summed E-state index contributed by atoms with van der Waals surface area (Å²) in [5.74, 6) is 0.693. The lowest BCUT2D eigenvalue weighted by Crippen LogP contribution is -2.30. The van der Waals surface area contributed by atoms with E-state index in [4.69, 9.17) is 21.0 Å². The molecule has 39 heavy (non-hydrogen) atoms. The Morgan fingerprint density at radius 1 is 1.13 bits per heavy atom. The van der Waals surface area contributed by atoms with E-state index in [9.17, 15) is 26.7 Å². The van der Waals surface area contributed by atoms with Crippen molar-refractivity contribution < 1.29 is 31.1 Å². The molecule has 2 aromatic heterocycles. The van der Waals surface area contributed by atoms with E-state index in [-0.39, 0.29) is 29.4 Å². The van der Waals surface area contributed by atoms with Crippen molar-refractivity contribution in [2.24, 2.45) is 0 Å². The van der Waals surface area contributed by atoms with Crippen LogP contribution in [0.15, 0.2) is 53.3 Å². The van der Waals surface area contributed by atoms with E-state index >= 15 is 0 Å². The molecule has 0 atom stereocenters. The van der Waals surface area contributed by atoms with Crippen LogP contribution in [0.4, 0.5) is 18.9 Å². The third-order valence-corrected chi connectivity index (χ3v) is 7.93. The predicted molar refractivity (Wildman–Crippen MR) is 141 cm³/mol. The zero-order valence-corrected chi connectivity index (χ0v) is 22.2. The fourth-order valence-corrected chi connectivity index (χ4v) is 5.62. The number of para-hydroxylation sites is 1. The van der Waals surface area contributed by atoms with E-state index in [0.29, 0.717) is 51.4 Å². The summed E-state index contributed by atoms with van der Waals surface area (Å²) in [6, 6.07) is 9.17. The second-order valence-corrected chi connectivity index (χ2v) is 10.9. The van der Waals surface area contributed by atoms with Crippen LogP contribution in [0, 0.1) is 6.92 Å². The van der Waals surface area contributed by atoms with Gasteiger partial charge in [-0.1, -0.05) is 36.7 Å². The third kappa shape index (κ3) is 4.62. The predicted octanol–water partition coefficient (Wildman–Crippen LogP) is 6.12. The number of aliphatic hydroxyl groups is 1. The number of fused-ring (bicyclic) bond motifs is 2. The third-order valence-electron chi connectivity index (χ3n) is 6.44. The van der Waals surface area contributed by atoms with Gasteiger partial charge in [0.05, 0.1) is 42.1 Å². The van der Waals surface area contributed by atoms with Gasteiger partial charge in [0.15, 0.2) is 5.65 Å². The highest BCUT2D eigenvalue weighted by atomic mass is 35.5. The van der Waals surface area contributed by atoms with Crippen LogP contribution in [0.5, 0.6) is 0 Å². The Labute approximate surface area is 226 Å². The van der Waals surface area contributed by atoms with Crippen LogP contribution < -0.4 is 4.72 Å². The summed E-state index contributed by atoms with van der Waals surface area (Å²) in [5.41, 5.74) is -1.07. The molecule has 204 valence electrons. The van der Waals surface area contributed by atoms with Gasteiger partial charge in [0.1, 0.15) is 11.3 Å². The van der Waals surface area contributed by atoms with Crippen molar-refractivity contribution in [2.45, 2.75) is 38.9 Å². The molecule has 3 aromatic rings. The number of aromatic nitrogens is 3. The quantitative estimate of drug-likeness (QED) is 0.241. The number of aliphatic hydroxyl groups excluding tert-OH is 1. The molecule has 1 aromatic carbocycles. The molecular formula is C26H22ClF3N4O4S. The van der Waals surface area contributed by atoms with Gasteiger partial charge in [-0.3, -0.25) is 4.72 Å². The second kappa shape index (κ2) is 9.85. The fourth-order valence-electron chi connectivity index (χ4n) is 4.67. The normalized spacial score (nSPS) is 12.5. The number of aryl methyl sites for hydroxylation is 2. The minimum atomic E-state index is -5.70. The van der Waals surface area contributed by atoms with Gasteiger partial charge in [-0.2, -0.15) is 21.6 Å². The number of rotatable bonds is 7. The summed E-state index contributed by atoms with van der Waals surface area (Å²) in [6.07, 6.45) is 3.42. The average molecular weight is 579 g/mol. The molecule has 0 unspecified atom stereocenters. The molecule has 0 spiro atoms.